The minimum Gasteiger partial charge on any atom is -0.480 e. The quantitative estimate of drug-likeness (QED) is 0.814. The molecule has 5 nitrogen and oxygen atoms in total. The molecule has 1 unspecified atom stereocenters. The maximum absolute atomic E-state index is 12.0. The zero-order valence-corrected chi connectivity index (χ0v) is 10.7. The first-order valence-electron chi connectivity index (χ1n) is 5.64. The Morgan fingerprint density at radius 3 is 2.76 bits per heavy atom. The number of nitrogens with zero attached hydrogens (tertiary/aromatic N) is 1. The summed E-state index contributed by atoms with van der Waals surface area (Å²) in [6, 6.07) is 0. The highest BCUT2D eigenvalue weighted by atomic mass is 32.2. The minimum absolute atomic E-state index is 0.00756. The Kier molecular flexibility index (Phi) is 5.47. The van der Waals surface area contributed by atoms with Gasteiger partial charge in [0.1, 0.15) is 6.54 Å². The Labute approximate surface area is 105 Å². The lowest BCUT2D eigenvalue weighted by molar-refractivity contribution is -0.145. The summed E-state index contributed by atoms with van der Waals surface area (Å²) in [6.07, 6.45) is 2.49. The first kappa shape index (κ1) is 14.0. The van der Waals surface area contributed by atoms with Gasteiger partial charge in [0, 0.05) is 25.1 Å². The number of amides is 1. The molecule has 1 fully saturated rings. The van der Waals surface area contributed by atoms with E-state index in [4.69, 9.17) is 5.11 Å². The van der Waals surface area contributed by atoms with Gasteiger partial charge in [-0.3, -0.25) is 14.4 Å². The molecule has 1 atom stereocenters. The van der Waals surface area contributed by atoms with Crippen molar-refractivity contribution in [2.45, 2.75) is 26.2 Å². The van der Waals surface area contributed by atoms with Gasteiger partial charge in [0.05, 0.1) is 0 Å². The molecule has 1 rings (SSSR count). The molecule has 0 aromatic rings. The average molecular weight is 259 g/mol. The second kappa shape index (κ2) is 6.64. The maximum Gasteiger partial charge on any atom is 0.323 e. The van der Waals surface area contributed by atoms with Gasteiger partial charge in [0.15, 0.2) is 5.12 Å². The number of thioether (sulfide) groups is 1. The molecule has 0 saturated carbocycles. The van der Waals surface area contributed by atoms with E-state index < -0.39 is 5.97 Å². The van der Waals surface area contributed by atoms with E-state index in [2.05, 4.69) is 0 Å². The molecule has 1 amide bonds. The second-order valence-electron chi connectivity index (χ2n) is 4.15. The first-order valence-corrected chi connectivity index (χ1v) is 6.63. The topological polar surface area (TPSA) is 74.7 Å². The summed E-state index contributed by atoms with van der Waals surface area (Å²) in [5.74, 6) is -0.868. The van der Waals surface area contributed by atoms with Crippen molar-refractivity contribution in [3.05, 3.63) is 0 Å². The lowest BCUT2D eigenvalue weighted by Gasteiger charge is -2.22. The van der Waals surface area contributed by atoms with Crippen molar-refractivity contribution in [2.75, 3.05) is 18.8 Å². The van der Waals surface area contributed by atoms with Crippen LogP contribution in [0.2, 0.25) is 0 Å². The molecule has 0 radical (unpaired) electrons. The fourth-order valence-electron chi connectivity index (χ4n) is 1.88. The molecular formula is C11H17NO4S. The minimum atomic E-state index is -0.988. The van der Waals surface area contributed by atoms with Gasteiger partial charge in [-0.25, -0.2) is 0 Å². The summed E-state index contributed by atoms with van der Waals surface area (Å²) in [7, 11) is 0. The van der Waals surface area contributed by atoms with Crippen molar-refractivity contribution in [1.82, 2.24) is 4.90 Å². The van der Waals surface area contributed by atoms with Crippen molar-refractivity contribution in [2.24, 2.45) is 5.92 Å². The van der Waals surface area contributed by atoms with Crippen molar-refractivity contribution < 1.29 is 19.5 Å². The molecule has 1 aliphatic rings. The lowest BCUT2D eigenvalue weighted by atomic mass is 10.1. The first-order chi connectivity index (χ1) is 8.00. The molecule has 96 valence electrons. The fraction of sp³-hybridized carbons (Fsp3) is 0.727. The van der Waals surface area contributed by atoms with Crippen LogP contribution in [0.1, 0.15) is 26.2 Å². The van der Waals surface area contributed by atoms with Crippen LogP contribution < -0.4 is 0 Å². The van der Waals surface area contributed by atoms with Crippen LogP contribution in [0.3, 0.4) is 0 Å². The van der Waals surface area contributed by atoms with Crippen LogP contribution in [0.25, 0.3) is 0 Å². The van der Waals surface area contributed by atoms with E-state index in [0.717, 1.165) is 31.0 Å². The molecule has 1 saturated heterocycles. The van der Waals surface area contributed by atoms with Crippen LogP contribution in [-0.4, -0.2) is 45.8 Å². The molecule has 0 spiro atoms. The van der Waals surface area contributed by atoms with Gasteiger partial charge in [-0.05, 0) is 12.8 Å². The normalized spacial score (nSPS) is 21.1. The van der Waals surface area contributed by atoms with Gasteiger partial charge in [-0.15, -0.1) is 0 Å². The van der Waals surface area contributed by atoms with E-state index in [1.165, 1.54) is 11.8 Å². The van der Waals surface area contributed by atoms with E-state index >= 15 is 0 Å². The zero-order valence-electron chi connectivity index (χ0n) is 9.85. The third kappa shape index (κ3) is 4.77. The predicted octanol–water partition coefficient (Wildman–Crippen LogP) is 0.979. The highest BCUT2D eigenvalue weighted by Crippen LogP contribution is 2.22. The van der Waals surface area contributed by atoms with Gasteiger partial charge in [0.2, 0.25) is 5.91 Å². The molecule has 0 aromatic carbocycles. The molecule has 0 aliphatic carbocycles. The van der Waals surface area contributed by atoms with Crippen LogP contribution in [-0.2, 0) is 14.4 Å². The van der Waals surface area contributed by atoms with Gasteiger partial charge in [0.25, 0.3) is 0 Å². The predicted molar refractivity (Wildman–Crippen MR) is 64.7 cm³/mol. The number of carbonyl (C=O) groups excluding carboxylic acids is 2. The summed E-state index contributed by atoms with van der Waals surface area (Å²) in [5, 5.41) is 8.72. The summed E-state index contributed by atoms with van der Waals surface area (Å²) >= 11 is 1.14. The standard InChI is InChI=1S/C11H17NO4S/c1-8(13)17-7-9-4-2-3-5-12(11(9)16)6-10(14)15/h9H,2-7H2,1H3,(H,14,15). The molecule has 1 aliphatic heterocycles. The molecule has 1 N–H and O–H groups in total. The van der Waals surface area contributed by atoms with Crippen molar-refractivity contribution in [3.8, 4) is 0 Å². The van der Waals surface area contributed by atoms with Gasteiger partial charge in [-0.1, -0.05) is 18.2 Å². The molecule has 6 heteroatoms. The van der Waals surface area contributed by atoms with Gasteiger partial charge >= 0.3 is 5.97 Å². The van der Waals surface area contributed by atoms with E-state index in [9.17, 15) is 14.4 Å². The van der Waals surface area contributed by atoms with Crippen LogP contribution in [0.15, 0.2) is 0 Å². The van der Waals surface area contributed by atoms with E-state index in [1.807, 2.05) is 0 Å². The number of rotatable bonds is 4. The molecule has 0 aromatic heterocycles. The number of likely N-dealkylation sites (tertiary alicyclic amines) is 1. The smallest absolute Gasteiger partial charge is 0.323 e. The molecule has 0 bridgehead atoms. The van der Waals surface area contributed by atoms with Crippen LogP contribution in [0.5, 0.6) is 0 Å². The summed E-state index contributed by atoms with van der Waals surface area (Å²) in [4.78, 5) is 34.9. The molecular weight excluding hydrogens is 242 g/mol. The average Bonchev–Trinajstić information content (AvgIpc) is 2.39. The Bertz CT molecular complexity index is 319. The molecule has 1 heterocycles. The Hall–Kier alpha value is -1.04. The zero-order chi connectivity index (χ0) is 12.8. The molecule has 17 heavy (non-hydrogen) atoms. The number of carboxylic acids is 1. The number of aliphatic carboxylic acids is 1. The van der Waals surface area contributed by atoms with E-state index in [-0.39, 0.29) is 23.5 Å². The number of carboxylic acid groups (broad SMARTS) is 1. The Morgan fingerprint density at radius 2 is 2.18 bits per heavy atom. The van der Waals surface area contributed by atoms with Crippen LogP contribution in [0.4, 0.5) is 0 Å². The number of carbonyl (C=O) groups is 3. The summed E-state index contributed by atoms with van der Waals surface area (Å²) in [5.41, 5.74) is 0. The van der Waals surface area contributed by atoms with Gasteiger partial charge in [-0.2, -0.15) is 0 Å². The number of hydrogen-bond acceptors (Lipinski definition) is 4. The third-order valence-corrected chi connectivity index (χ3v) is 3.68. The Morgan fingerprint density at radius 1 is 1.47 bits per heavy atom. The van der Waals surface area contributed by atoms with Crippen molar-refractivity contribution in [1.29, 1.82) is 0 Å². The highest BCUT2D eigenvalue weighted by molar-refractivity contribution is 8.13. The third-order valence-electron chi connectivity index (χ3n) is 2.71. The van der Waals surface area contributed by atoms with Crippen LogP contribution >= 0.6 is 11.8 Å². The fourth-order valence-corrected chi connectivity index (χ4v) is 2.62. The van der Waals surface area contributed by atoms with E-state index in [1.54, 1.807) is 0 Å². The highest BCUT2D eigenvalue weighted by Gasteiger charge is 2.28. The van der Waals surface area contributed by atoms with Crippen molar-refractivity contribution in [3.63, 3.8) is 0 Å². The summed E-state index contributed by atoms with van der Waals surface area (Å²) < 4.78 is 0. The summed E-state index contributed by atoms with van der Waals surface area (Å²) in [6.45, 7) is 1.74. The van der Waals surface area contributed by atoms with Crippen LogP contribution in [0, 0.1) is 5.92 Å². The maximum atomic E-state index is 12.0. The SMILES string of the molecule is CC(=O)SCC1CCCCN(CC(=O)O)C1=O. The Balaban J connectivity index is 2.60. The largest absolute Gasteiger partial charge is 0.480 e. The monoisotopic (exact) mass is 259 g/mol. The lowest BCUT2D eigenvalue weighted by Crippen LogP contribution is -2.39. The van der Waals surface area contributed by atoms with E-state index in [0.29, 0.717) is 12.3 Å². The van der Waals surface area contributed by atoms with Gasteiger partial charge < -0.3 is 10.0 Å². The second-order valence-corrected chi connectivity index (χ2v) is 5.35. The number of hydrogen-bond donors (Lipinski definition) is 1. The van der Waals surface area contributed by atoms with Crippen molar-refractivity contribution >= 4 is 28.8 Å².